The van der Waals surface area contributed by atoms with Gasteiger partial charge in [0, 0.05) is 5.92 Å². The van der Waals surface area contributed by atoms with E-state index in [1.165, 1.54) is 6.07 Å². The van der Waals surface area contributed by atoms with Crippen LogP contribution in [0.15, 0.2) is 65.1 Å². The van der Waals surface area contributed by atoms with Gasteiger partial charge in [0.2, 0.25) is 0 Å². The van der Waals surface area contributed by atoms with Crippen LogP contribution in [0.3, 0.4) is 0 Å². The molecule has 0 fully saturated rings. The molecule has 0 heterocycles. The number of nitrogens with one attached hydrogen (secondary N) is 1. The van der Waals surface area contributed by atoms with Gasteiger partial charge in [0.05, 0.1) is 15.7 Å². The van der Waals surface area contributed by atoms with Crippen molar-refractivity contribution in [1.29, 1.82) is 0 Å². The summed E-state index contributed by atoms with van der Waals surface area (Å²) in [5.41, 5.74) is 3.93. The predicted molar refractivity (Wildman–Crippen MR) is 110 cm³/mol. The summed E-state index contributed by atoms with van der Waals surface area (Å²) < 4.78 is 19.1. The molecule has 5 nitrogen and oxygen atoms in total. The minimum Gasteiger partial charge on any atom is -0.478 e. The van der Waals surface area contributed by atoms with Crippen LogP contribution < -0.4 is 5.32 Å². The molecule has 3 aromatic carbocycles. The second kappa shape index (κ2) is 7.67. The number of hydrogen-bond acceptors (Lipinski definition) is 3. The van der Waals surface area contributed by atoms with Crippen LogP contribution in [0.25, 0.3) is 11.1 Å². The lowest BCUT2D eigenvalue weighted by Gasteiger charge is -2.15. The van der Waals surface area contributed by atoms with Crippen molar-refractivity contribution < 1.29 is 23.8 Å². The normalized spacial score (nSPS) is 12.2. The van der Waals surface area contributed by atoms with Gasteiger partial charge >= 0.3 is 12.1 Å². The summed E-state index contributed by atoms with van der Waals surface area (Å²) in [6.45, 7) is 0.0879. The Bertz CT molecular complexity index is 1090. The Morgan fingerprint density at radius 1 is 1.03 bits per heavy atom. The molecule has 0 bridgehead atoms. The highest BCUT2D eigenvalue weighted by molar-refractivity contribution is 9.10. The zero-order valence-corrected chi connectivity index (χ0v) is 16.6. The lowest BCUT2D eigenvalue weighted by molar-refractivity contribution is 0.0697. The van der Waals surface area contributed by atoms with Gasteiger partial charge < -0.3 is 9.84 Å². The number of carboxylic acid groups (broad SMARTS) is 1. The van der Waals surface area contributed by atoms with Crippen LogP contribution in [0.5, 0.6) is 0 Å². The highest BCUT2D eigenvalue weighted by Gasteiger charge is 2.29. The third kappa shape index (κ3) is 3.61. The summed E-state index contributed by atoms with van der Waals surface area (Å²) in [5, 5.41) is 11.6. The van der Waals surface area contributed by atoms with Crippen molar-refractivity contribution in [2.45, 2.75) is 5.92 Å². The second-order valence-electron chi connectivity index (χ2n) is 6.57. The van der Waals surface area contributed by atoms with Crippen LogP contribution in [0, 0.1) is 5.82 Å². The average molecular weight is 456 g/mol. The van der Waals surface area contributed by atoms with Crippen molar-refractivity contribution in [2.75, 3.05) is 11.9 Å². The van der Waals surface area contributed by atoms with Crippen molar-refractivity contribution in [1.82, 2.24) is 0 Å². The maximum absolute atomic E-state index is 13.6. The minimum absolute atomic E-state index is 0.0384. The van der Waals surface area contributed by atoms with Crippen molar-refractivity contribution in [2.24, 2.45) is 0 Å². The number of carboxylic acids is 1. The third-order valence-electron chi connectivity index (χ3n) is 4.87. The Balaban J connectivity index is 1.53. The molecule has 0 aliphatic heterocycles. The van der Waals surface area contributed by atoms with Gasteiger partial charge in [-0.1, -0.05) is 48.5 Å². The minimum atomic E-state index is -1.36. The van der Waals surface area contributed by atoms with Gasteiger partial charge in [0.15, 0.2) is 0 Å². The van der Waals surface area contributed by atoms with E-state index in [-0.39, 0.29) is 28.2 Å². The standard InChI is InChI=1S/C22H15BrFNO4/c23-18-10-20(16(21(26)27)9-19(18)24)25-22(28)29-11-17-14-7-3-1-5-12(14)13-6-2-4-8-15(13)17/h1-10,17H,11H2,(H,25,28)(H,26,27). The van der Waals surface area contributed by atoms with Crippen molar-refractivity contribution in [3.05, 3.63) is 87.6 Å². The number of aromatic carboxylic acids is 1. The molecule has 0 saturated heterocycles. The molecule has 0 spiro atoms. The Morgan fingerprint density at radius 3 is 2.21 bits per heavy atom. The highest BCUT2D eigenvalue weighted by Crippen LogP contribution is 2.44. The molecule has 1 aliphatic rings. The van der Waals surface area contributed by atoms with Crippen LogP contribution in [0.4, 0.5) is 14.9 Å². The van der Waals surface area contributed by atoms with Crippen LogP contribution >= 0.6 is 15.9 Å². The number of carbonyl (C=O) groups excluding carboxylic acids is 1. The van der Waals surface area contributed by atoms with Gasteiger partial charge in [-0.2, -0.15) is 0 Å². The van der Waals surface area contributed by atoms with E-state index in [4.69, 9.17) is 4.74 Å². The Hall–Kier alpha value is -3.19. The zero-order valence-electron chi connectivity index (χ0n) is 15.0. The van der Waals surface area contributed by atoms with E-state index in [1.807, 2.05) is 48.5 Å². The summed E-state index contributed by atoms with van der Waals surface area (Å²) >= 11 is 2.99. The number of anilines is 1. The van der Waals surface area contributed by atoms with Crippen LogP contribution in [0.2, 0.25) is 0 Å². The molecular formula is C22H15BrFNO4. The smallest absolute Gasteiger partial charge is 0.411 e. The van der Waals surface area contributed by atoms with Crippen molar-refractivity contribution in [3.63, 3.8) is 0 Å². The molecule has 1 amide bonds. The Morgan fingerprint density at radius 2 is 1.62 bits per heavy atom. The number of ether oxygens (including phenoxy) is 1. The lowest BCUT2D eigenvalue weighted by Crippen LogP contribution is -2.19. The summed E-state index contributed by atoms with van der Waals surface area (Å²) in [5.74, 6) is -2.21. The maximum atomic E-state index is 13.6. The third-order valence-corrected chi connectivity index (χ3v) is 5.48. The molecule has 0 radical (unpaired) electrons. The zero-order chi connectivity index (χ0) is 20.5. The topological polar surface area (TPSA) is 75.6 Å². The van der Waals surface area contributed by atoms with Crippen molar-refractivity contribution in [3.8, 4) is 11.1 Å². The number of amides is 1. The lowest BCUT2D eigenvalue weighted by atomic mass is 9.98. The molecule has 2 N–H and O–H groups in total. The van der Waals surface area contributed by atoms with Crippen LogP contribution in [0.1, 0.15) is 27.4 Å². The van der Waals surface area contributed by atoms with Gasteiger partial charge in [-0.05, 0) is 50.3 Å². The Kier molecular flexibility index (Phi) is 5.07. The molecule has 1 aliphatic carbocycles. The van der Waals surface area contributed by atoms with E-state index >= 15 is 0 Å². The fraction of sp³-hybridized carbons (Fsp3) is 0.0909. The largest absolute Gasteiger partial charge is 0.478 e. The van der Waals surface area contributed by atoms with E-state index in [1.54, 1.807) is 0 Å². The van der Waals surface area contributed by atoms with Crippen molar-refractivity contribution >= 4 is 33.7 Å². The quantitative estimate of drug-likeness (QED) is 0.532. The number of hydrogen-bond donors (Lipinski definition) is 2. The molecule has 4 rings (SSSR count). The summed E-state index contributed by atoms with van der Waals surface area (Å²) in [6.07, 6.45) is -0.812. The first-order chi connectivity index (χ1) is 14.0. The number of benzene rings is 3. The highest BCUT2D eigenvalue weighted by atomic mass is 79.9. The first-order valence-corrected chi connectivity index (χ1v) is 9.59. The second-order valence-corrected chi connectivity index (χ2v) is 7.42. The molecule has 0 aromatic heterocycles. The van der Waals surface area contributed by atoms with E-state index in [0.717, 1.165) is 28.3 Å². The van der Waals surface area contributed by atoms with Gasteiger partial charge in [-0.3, -0.25) is 5.32 Å². The van der Waals surface area contributed by atoms with E-state index in [9.17, 15) is 19.1 Å². The van der Waals surface area contributed by atoms with Gasteiger partial charge in [-0.25, -0.2) is 14.0 Å². The first kappa shape index (κ1) is 19.1. The Labute approximate surface area is 174 Å². The monoisotopic (exact) mass is 455 g/mol. The molecule has 146 valence electrons. The van der Waals surface area contributed by atoms with E-state index < -0.39 is 17.9 Å². The number of carbonyl (C=O) groups is 2. The van der Waals surface area contributed by atoms with Gasteiger partial charge in [-0.15, -0.1) is 0 Å². The fourth-order valence-electron chi connectivity index (χ4n) is 3.57. The van der Waals surface area contributed by atoms with E-state index in [0.29, 0.717) is 0 Å². The molecule has 0 unspecified atom stereocenters. The molecule has 3 aromatic rings. The average Bonchev–Trinajstić information content (AvgIpc) is 3.03. The van der Waals surface area contributed by atoms with Gasteiger partial charge in [0.1, 0.15) is 12.4 Å². The fourth-order valence-corrected chi connectivity index (χ4v) is 3.92. The number of halogens is 2. The van der Waals surface area contributed by atoms with Crippen LogP contribution in [-0.4, -0.2) is 23.8 Å². The number of fused-ring (bicyclic) bond motifs is 3. The van der Waals surface area contributed by atoms with E-state index in [2.05, 4.69) is 21.2 Å². The number of rotatable bonds is 4. The van der Waals surface area contributed by atoms with Gasteiger partial charge in [0.25, 0.3) is 0 Å². The summed E-state index contributed by atoms with van der Waals surface area (Å²) in [7, 11) is 0. The predicted octanol–water partition coefficient (Wildman–Crippen LogP) is 5.65. The summed E-state index contributed by atoms with van der Waals surface area (Å²) in [6, 6.07) is 17.9. The molecular weight excluding hydrogens is 441 g/mol. The summed E-state index contributed by atoms with van der Waals surface area (Å²) in [4.78, 5) is 23.7. The molecule has 29 heavy (non-hydrogen) atoms. The first-order valence-electron chi connectivity index (χ1n) is 8.80. The SMILES string of the molecule is O=C(Nc1cc(Br)c(F)cc1C(=O)O)OCC1c2ccccc2-c2ccccc21. The maximum Gasteiger partial charge on any atom is 0.411 e. The molecule has 7 heteroatoms. The van der Waals surface area contributed by atoms with Crippen LogP contribution in [-0.2, 0) is 4.74 Å². The molecule has 0 atom stereocenters. The molecule has 0 saturated carbocycles.